The number of terminal acetylenes is 1. The van der Waals surface area contributed by atoms with Gasteiger partial charge in [-0.3, -0.25) is 14.9 Å². The van der Waals surface area contributed by atoms with Gasteiger partial charge in [0.25, 0.3) is 0 Å². The minimum atomic E-state index is 0.0158. The minimum absolute atomic E-state index is 0.0158. The molecule has 1 amide bonds. The smallest absolute Gasteiger partial charge is 0.219 e. The number of likely N-dealkylation sites (N-methyl/N-ethyl adjacent to an activating group) is 1. The van der Waals surface area contributed by atoms with E-state index in [-0.39, 0.29) is 5.91 Å². The Morgan fingerprint density at radius 2 is 1.92 bits per heavy atom. The second-order valence-electron chi connectivity index (χ2n) is 10.0. The Hall–Kier alpha value is -4.28. The first-order valence-corrected chi connectivity index (χ1v) is 13.2. The number of hydrogen-bond acceptors (Lipinski definition) is 7. The minimum Gasteiger partial charge on any atom is -0.385 e. The number of benzene rings is 1. The van der Waals surface area contributed by atoms with Crippen LogP contribution in [-0.4, -0.2) is 78.9 Å². The first kappa shape index (κ1) is 27.7. The predicted octanol–water partition coefficient (Wildman–Crippen LogP) is 2.72. The molecule has 39 heavy (non-hydrogen) atoms. The van der Waals surface area contributed by atoms with Crippen molar-refractivity contribution in [2.45, 2.75) is 32.2 Å². The van der Waals surface area contributed by atoms with Crippen LogP contribution in [0.5, 0.6) is 0 Å². The molecule has 0 atom stereocenters. The molecular formula is C29H36N8O2. The number of fused-ring (bicyclic) bond motifs is 1. The van der Waals surface area contributed by atoms with Crippen LogP contribution in [0.2, 0.25) is 0 Å². The van der Waals surface area contributed by atoms with Crippen molar-refractivity contribution < 1.29 is 9.53 Å². The van der Waals surface area contributed by atoms with Crippen LogP contribution in [0, 0.1) is 29.6 Å². The van der Waals surface area contributed by atoms with Crippen LogP contribution in [0.3, 0.4) is 0 Å². The molecule has 2 aromatic rings. The molecule has 10 heteroatoms. The van der Waals surface area contributed by atoms with Crippen LogP contribution in [0.1, 0.15) is 31.7 Å². The molecule has 3 aliphatic rings. The molecule has 5 rings (SSSR count). The number of carbonyl (C=O) groups excluding carboxylic acids is 1. The van der Waals surface area contributed by atoms with E-state index >= 15 is 0 Å². The van der Waals surface area contributed by atoms with Crippen molar-refractivity contribution >= 4 is 23.1 Å². The maximum Gasteiger partial charge on any atom is 0.219 e. The van der Waals surface area contributed by atoms with E-state index in [2.05, 4.69) is 34.2 Å². The summed E-state index contributed by atoms with van der Waals surface area (Å²) in [4.78, 5) is 18.2. The van der Waals surface area contributed by atoms with Crippen LogP contribution >= 0.6 is 0 Å². The van der Waals surface area contributed by atoms with Crippen molar-refractivity contribution in [1.82, 2.24) is 20.0 Å². The summed E-state index contributed by atoms with van der Waals surface area (Å²) in [6.45, 7) is 5.46. The number of ether oxygens (including phenoxy) is 1. The van der Waals surface area contributed by atoms with Gasteiger partial charge in [0.1, 0.15) is 5.84 Å². The Labute approximate surface area is 230 Å². The number of anilines is 2. The SMILES string of the molecule is C#C.CC(=O)N1CCC(NC2CCOCC2)=C(C(=N)N2CCN(C)c3cc(-c4cnn(C)c4)c(C#N)cc32)C1. The Kier molecular flexibility index (Phi) is 8.58. The summed E-state index contributed by atoms with van der Waals surface area (Å²) in [5, 5.41) is 27.3. The molecule has 4 heterocycles. The van der Waals surface area contributed by atoms with Gasteiger partial charge >= 0.3 is 0 Å². The highest BCUT2D eigenvalue weighted by atomic mass is 16.5. The summed E-state index contributed by atoms with van der Waals surface area (Å²) < 4.78 is 7.25. The van der Waals surface area contributed by atoms with Gasteiger partial charge in [-0.25, -0.2) is 0 Å². The highest BCUT2D eigenvalue weighted by molar-refractivity contribution is 6.11. The molecule has 1 fully saturated rings. The average Bonchev–Trinajstić information content (AvgIpc) is 3.40. The number of hydrogen-bond donors (Lipinski definition) is 2. The van der Waals surface area contributed by atoms with Crippen LogP contribution in [0.4, 0.5) is 11.4 Å². The molecular weight excluding hydrogens is 492 g/mol. The zero-order valence-electron chi connectivity index (χ0n) is 22.9. The third kappa shape index (κ3) is 5.76. The van der Waals surface area contributed by atoms with Gasteiger partial charge in [0.15, 0.2) is 0 Å². The van der Waals surface area contributed by atoms with E-state index in [1.807, 2.05) is 42.2 Å². The molecule has 0 bridgehead atoms. The lowest BCUT2D eigenvalue weighted by atomic mass is 9.97. The van der Waals surface area contributed by atoms with Crippen molar-refractivity contribution in [1.29, 1.82) is 10.7 Å². The highest BCUT2D eigenvalue weighted by Gasteiger charge is 2.32. The Balaban J connectivity index is 0.00000172. The third-order valence-electron chi connectivity index (χ3n) is 7.56. The van der Waals surface area contributed by atoms with Crippen molar-refractivity contribution in [3.05, 3.63) is 41.4 Å². The topological polar surface area (TPSA) is 114 Å². The zero-order chi connectivity index (χ0) is 28.1. The van der Waals surface area contributed by atoms with Crippen LogP contribution in [0.15, 0.2) is 35.8 Å². The first-order valence-electron chi connectivity index (χ1n) is 13.2. The molecule has 0 unspecified atom stereocenters. The molecule has 2 N–H and O–H groups in total. The molecule has 0 aliphatic carbocycles. The number of nitrogens with one attached hydrogen (secondary N) is 2. The molecule has 1 aromatic carbocycles. The van der Waals surface area contributed by atoms with Gasteiger partial charge in [0.05, 0.1) is 35.7 Å². The second kappa shape index (κ2) is 12.1. The summed E-state index contributed by atoms with van der Waals surface area (Å²) in [5.74, 6) is 0.398. The summed E-state index contributed by atoms with van der Waals surface area (Å²) in [6, 6.07) is 6.58. The lowest BCUT2D eigenvalue weighted by Gasteiger charge is -2.40. The van der Waals surface area contributed by atoms with Gasteiger partial charge < -0.3 is 24.8 Å². The maximum absolute atomic E-state index is 12.3. The number of amidine groups is 1. The standard InChI is InChI=1S/C27H34N8O2.C2H2/c1-18(36)34-7-4-24(31-21-5-10-37-11-6-21)23(17-34)27(29)35-9-8-32(2)25-13-22(19(14-28)12-26(25)35)20-15-30-33(3)16-20;1-2/h12-13,15-16,21,29,31H,4-11,17H2,1-3H3;1-2H. The Morgan fingerprint density at radius 3 is 2.56 bits per heavy atom. The van der Waals surface area contributed by atoms with Gasteiger partial charge in [-0.15, -0.1) is 12.8 Å². The van der Waals surface area contributed by atoms with E-state index in [4.69, 9.17) is 4.74 Å². The molecule has 1 saturated heterocycles. The second-order valence-corrected chi connectivity index (χ2v) is 10.0. The molecule has 0 saturated carbocycles. The largest absolute Gasteiger partial charge is 0.385 e. The monoisotopic (exact) mass is 528 g/mol. The highest BCUT2D eigenvalue weighted by Crippen LogP contribution is 2.39. The van der Waals surface area contributed by atoms with Crippen molar-refractivity contribution in [2.75, 3.05) is 56.2 Å². The predicted molar refractivity (Wildman–Crippen MR) is 152 cm³/mol. The normalized spacial score (nSPS) is 17.6. The number of amides is 1. The van der Waals surface area contributed by atoms with Gasteiger partial charge in [-0.1, -0.05) is 0 Å². The van der Waals surface area contributed by atoms with Crippen LogP contribution in [0.25, 0.3) is 11.1 Å². The molecule has 3 aliphatic heterocycles. The molecule has 1 aromatic heterocycles. The fourth-order valence-electron chi connectivity index (χ4n) is 5.37. The van der Waals surface area contributed by atoms with E-state index in [9.17, 15) is 15.5 Å². The van der Waals surface area contributed by atoms with E-state index in [1.165, 1.54) is 0 Å². The van der Waals surface area contributed by atoms with Crippen LogP contribution < -0.4 is 15.1 Å². The van der Waals surface area contributed by atoms with Crippen LogP contribution in [-0.2, 0) is 16.6 Å². The number of nitriles is 1. The van der Waals surface area contributed by atoms with Crippen molar-refractivity contribution in [3.63, 3.8) is 0 Å². The number of aromatic nitrogens is 2. The lowest BCUT2D eigenvalue weighted by Crippen LogP contribution is -2.48. The van der Waals surface area contributed by atoms with E-state index in [1.54, 1.807) is 17.8 Å². The number of aryl methyl sites for hydroxylation is 1. The summed E-state index contributed by atoms with van der Waals surface area (Å²) in [7, 11) is 3.89. The maximum atomic E-state index is 12.3. The summed E-state index contributed by atoms with van der Waals surface area (Å²) in [6.07, 6.45) is 14.2. The first-order chi connectivity index (χ1) is 18.9. The van der Waals surface area contributed by atoms with Crippen molar-refractivity contribution in [3.8, 4) is 30.0 Å². The molecule has 204 valence electrons. The Morgan fingerprint density at radius 1 is 1.18 bits per heavy atom. The quantitative estimate of drug-likeness (QED) is 0.356. The fraction of sp³-hybridized carbons (Fsp3) is 0.448. The van der Waals surface area contributed by atoms with Gasteiger partial charge in [0.2, 0.25) is 5.91 Å². The average molecular weight is 529 g/mol. The van der Waals surface area contributed by atoms with E-state index in [0.29, 0.717) is 43.5 Å². The number of nitrogens with zero attached hydrogens (tertiary/aromatic N) is 6. The molecule has 0 spiro atoms. The summed E-state index contributed by atoms with van der Waals surface area (Å²) in [5.41, 5.74) is 5.95. The number of carbonyl (C=O) groups is 1. The molecule has 0 radical (unpaired) electrons. The van der Waals surface area contributed by atoms with E-state index < -0.39 is 0 Å². The zero-order valence-corrected chi connectivity index (χ0v) is 22.9. The molecule has 10 nitrogen and oxygen atoms in total. The van der Waals surface area contributed by atoms with E-state index in [0.717, 1.165) is 66.4 Å². The summed E-state index contributed by atoms with van der Waals surface area (Å²) >= 11 is 0. The third-order valence-corrected chi connectivity index (χ3v) is 7.56. The van der Waals surface area contributed by atoms with Crippen molar-refractivity contribution in [2.24, 2.45) is 7.05 Å². The fourth-order valence-corrected chi connectivity index (χ4v) is 5.37. The van der Waals surface area contributed by atoms with Gasteiger partial charge in [-0.2, -0.15) is 10.4 Å². The van der Waals surface area contributed by atoms with Gasteiger partial charge in [0, 0.05) is 94.9 Å². The lowest BCUT2D eigenvalue weighted by molar-refractivity contribution is -0.128. The number of rotatable bonds is 4. The van der Waals surface area contributed by atoms with Gasteiger partial charge in [-0.05, 0) is 25.0 Å². The Bertz CT molecular complexity index is 1330.